The van der Waals surface area contributed by atoms with Gasteiger partial charge in [0.25, 0.3) is 5.91 Å². The van der Waals surface area contributed by atoms with Gasteiger partial charge in [-0.1, -0.05) is 44.2 Å². The minimum Gasteiger partial charge on any atom is -0.322 e. The largest absolute Gasteiger partial charge is 0.322 e. The molecule has 2 aromatic carbocycles. The van der Waals surface area contributed by atoms with E-state index >= 15 is 0 Å². The van der Waals surface area contributed by atoms with E-state index in [1.807, 2.05) is 42.5 Å². The second-order valence-electron chi connectivity index (χ2n) is 6.89. The summed E-state index contributed by atoms with van der Waals surface area (Å²) in [7, 11) is 1.75. The first kappa shape index (κ1) is 16.5. The van der Waals surface area contributed by atoms with Gasteiger partial charge in [-0.3, -0.25) is 9.59 Å². The number of amides is 1. The van der Waals surface area contributed by atoms with Crippen molar-refractivity contribution in [3.8, 4) is 0 Å². The van der Waals surface area contributed by atoms with Crippen LogP contribution in [0, 0.1) is 0 Å². The molecule has 1 aromatic heterocycles. The van der Waals surface area contributed by atoms with Gasteiger partial charge in [-0.2, -0.15) is 0 Å². The smallest absolute Gasteiger partial charge is 0.307 e. The third-order valence-corrected chi connectivity index (χ3v) is 5.06. The Morgan fingerprint density at radius 2 is 1.75 bits per heavy atom. The molecular weight excluding hydrogens is 320 g/mol. The van der Waals surface area contributed by atoms with Crippen molar-refractivity contribution in [2.75, 3.05) is 5.32 Å². The molecule has 0 atom stereocenters. The zero-order valence-electron chi connectivity index (χ0n) is 14.2. The van der Waals surface area contributed by atoms with Crippen LogP contribution in [-0.2, 0) is 12.5 Å². The van der Waals surface area contributed by atoms with E-state index in [0.29, 0.717) is 11.3 Å². The summed E-state index contributed by atoms with van der Waals surface area (Å²) in [5, 5.41) is 2.89. The lowest BCUT2D eigenvalue weighted by molar-refractivity contribution is 0.102. The van der Waals surface area contributed by atoms with Crippen LogP contribution in [0.1, 0.15) is 36.7 Å². The van der Waals surface area contributed by atoms with Crippen molar-refractivity contribution in [2.24, 2.45) is 7.05 Å². The summed E-state index contributed by atoms with van der Waals surface area (Å²) in [6.07, 6.45) is 0. The fourth-order valence-corrected chi connectivity index (χ4v) is 3.46. The SMILES string of the molecule is Cn1c(=O)sc2cc(NC(=O)c3ccc(C(C)(C)C)cc3)ccc21. The van der Waals surface area contributed by atoms with E-state index in [9.17, 15) is 9.59 Å². The average Bonchev–Trinajstić information content (AvgIpc) is 2.81. The summed E-state index contributed by atoms with van der Waals surface area (Å²) >= 11 is 1.18. The molecule has 5 heteroatoms. The second kappa shape index (κ2) is 5.91. The van der Waals surface area contributed by atoms with Crippen LogP contribution in [0.2, 0.25) is 0 Å². The standard InChI is InChI=1S/C19H20N2O2S/c1-19(2,3)13-7-5-12(6-8-13)17(22)20-14-9-10-15-16(11-14)24-18(23)21(15)4/h5-11H,1-4H3,(H,20,22). The Labute approximate surface area is 144 Å². The second-order valence-corrected chi connectivity index (χ2v) is 7.88. The number of fused-ring (bicyclic) bond motifs is 1. The number of aryl methyl sites for hydroxylation is 1. The van der Waals surface area contributed by atoms with Crippen molar-refractivity contribution in [1.82, 2.24) is 4.57 Å². The normalized spacial score (nSPS) is 11.7. The Morgan fingerprint density at radius 3 is 2.38 bits per heavy atom. The Bertz CT molecular complexity index is 960. The summed E-state index contributed by atoms with van der Waals surface area (Å²) in [5.41, 5.74) is 3.43. The molecule has 124 valence electrons. The molecule has 1 N–H and O–H groups in total. The quantitative estimate of drug-likeness (QED) is 0.762. The molecule has 0 aliphatic carbocycles. The Balaban J connectivity index is 1.83. The lowest BCUT2D eigenvalue weighted by atomic mass is 9.87. The number of nitrogens with zero attached hydrogens (tertiary/aromatic N) is 1. The zero-order valence-corrected chi connectivity index (χ0v) is 15.0. The predicted octanol–water partition coefficient (Wildman–Crippen LogP) is 4.15. The van der Waals surface area contributed by atoms with Crippen LogP contribution in [0.15, 0.2) is 47.3 Å². The van der Waals surface area contributed by atoms with Gasteiger partial charge in [0, 0.05) is 18.3 Å². The first-order valence-electron chi connectivity index (χ1n) is 7.77. The van der Waals surface area contributed by atoms with Gasteiger partial charge in [0.2, 0.25) is 0 Å². The molecule has 0 fully saturated rings. The van der Waals surface area contributed by atoms with Gasteiger partial charge in [-0.15, -0.1) is 0 Å². The number of aromatic nitrogens is 1. The van der Waals surface area contributed by atoms with Gasteiger partial charge >= 0.3 is 4.87 Å². The van der Waals surface area contributed by atoms with Crippen LogP contribution in [0.3, 0.4) is 0 Å². The monoisotopic (exact) mass is 340 g/mol. The van der Waals surface area contributed by atoms with E-state index in [4.69, 9.17) is 0 Å². The van der Waals surface area contributed by atoms with Gasteiger partial charge in [0.1, 0.15) is 0 Å². The fraction of sp³-hybridized carbons (Fsp3) is 0.263. The Kier molecular flexibility index (Phi) is 4.05. The molecule has 4 nitrogen and oxygen atoms in total. The summed E-state index contributed by atoms with van der Waals surface area (Å²) < 4.78 is 2.47. The molecule has 0 aliphatic heterocycles. The molecule has 0 spiro atoms. The lowest BCUT2D eigenvalue weighted by Gasteiger charge is -2.19. The molecule has 24 heavy (non-hydrogen) atoms. The van der Waals surface area contributed by atoms with E-state index < -0.39 is 0 Å². The van der Waals surface area contributed by atoms with E-state index in [-0.39, 0.29) is 16.2 Å². The number of nitrogens with one attached hydrogen (secondary N) is 1. The molecule has 1 heterocycles. The Morgan fingerprint density at radius 1 is 1.08 bits per heavy atom. The predicted molar refractivity (Wildman–Crippen MR) is 100 cm³/mol. The van der Waals surface area contributed by atoms with E-state index in [0.717, 1.165) is 10.2 Å². The summed E-state index contributed by atoms with van der Waals surface area (Å²) in [6, 6.07) is 13.2. The molecule has 3 aromatic rings. The van der Waals surface area contributed by atoms with E-state index in [2.05, 4.69) is 26.1 Å². The number of hydrogen-bond acceptors (Lipinski definition) is 3. The number of benzene rings is 2. The number of carbonyl (C=O) groups excluding carboxylic acids is 1. The highest BCUT2D eigenvalue weighted by atomic mass is 32.1. The summed E-state index contributed by atoms with van der Waals surface area (Å²) in [4.78, 5) is 24.1. The average molecular weight is 340 g/mol. The molecule has 0 bridgehead atoms. The molecule has 0 saturated carbocycles. The highest BCUT2D eigenvalue weighted by Crippen LogP contribution is 2.24. The number of rotatable bonds is 2. The van der Waals surface area contributed by atoms with Crippen LogP contribution < -0.4 is 10.2 Å². The maximum absolute atomic E-state index is 12.4. The fourth-order valence-electron chi connectivity index (χ4n) is 2.54. The van der Waals surface area contributed by atoms with Gasteiger partial charge in [-0.25, -0.2) is 0 Å². The highest BCUT2D eigenvalue weighted by Gasteiger charge is 2.14. The van der Waals surface area contributed by atoms with E-state index in [1.165, 1.54) is 16.9 Å². The van der Waals surface area contributed by atoms with Gasteiger partial charge in [0.15, 0.2) is 0 Å². The van der Waals surface area contributed by atoms with Crippen molar-refractivity contribution >= 4 is 33.1 Å². The molecular formula is C19H20N2O2S. The van der Waals surface area contributed by atoms with Crippen LogP contribution in [0.4, 0.5) is 5.69 Å². The molecule has 3 rings (SSSR count). The minimum atomic E-state index is -0.155. The Hall–Kier alpha value is -2.40. The van der Waals surface area contributed by atoms with Gasteiger partial charge in [0.05, 0.1) is 10.2 Å². The van der Waals surface area contributed by atoms with Crippen LogP contribution in [-0.4, -0.2) is 10.5 Å². The molecule has 0 unspecified atom stereocenters. The lowest BCUT2D eigenvalue weighted by Crippen LogP contribution is -2.14. The van der Waals surface area contributed by atoms with Gasteiger partial charge < -0.3 is 9.88 Å². The van der Waals surface area contributed by atoms with Crippen LogP contribution in [0.5, 0.6) is 0 Å². The summed E-state index contributed by atoms with van der Waals surface area (Å²) in [5.74, 6) is -0.155. The maximum Gasteiger partial charge on any atom is 0.307 e. The third kappa shape index (κ3) is 3.12. The number of carbonyl (C=O) groups is 1. The van der Waals surface area contributed by atoms with Crippen molar-refractivity contribution in [3.63, 3.8) is 0 Å². The van der Waals surface area contributed by atoms with E-state index in [1.54, 1.807) is 11.6 Å². The molecule has 0 aliphatic rings. The zero-order chi connectivity index (χ0) is 17.5. The summed E-state index contributed by atoms with van der Waals surface area (Å²) in [6.45, 7) is 6.42. The number of hydrogen-bond donors (Lipinski definition) is 1. The van der Waals surface area contributed by atoms with Crippen LogP contribution in [0.25, 0.3) is 10.2 Å². The first-order chi connectivity index (χ1) is 11.3. The van der Waals surface area contributed by atoms with Gasteiger partial charge in [-0.05, 0) is 41.3 Å². The van der Waals surface area contributed by atoms with Crippen molar-refractivity contribution < 1.29 is 4.79 Å². The van der Waals surface area contributed by atoms with Crippen molar-refractivity contribution in [2.45, 2.75) is 26.2 Å². The van der Waals surface area contributed by atoms with Crippen LogP contribution >= 0.6 is 11.3 Å². The van der Waals surface area contributed by atoms with Crippen molar-refractivity contribution in [3.05, 3.63) is 63.3 Å². The first-order valence-corrected chi connectivity index (χ1v) is 8.59. The third-order valence-electron chi connectivity index (χ3n) is 4.06. The highest BCUT2D eigenvalue weighted by molar-refractivity contribution is 7.16. The molecule has 1 amide bonds. The van der Waals surface area contributed by atoms with Crippen molar-refractivity contribution in [1.29, 1.82) is 0 Å². The molecule has 0 saturated heterocycles. The topological polar surface area (TPSA) is 51.1 Å². The minimum absolute atomic E-state index is 0.00811. The number of anilines is 1. The number of thiazole rings is 1. The maximum atomic E-state index is 12.4. The molecule has 0 radical (unpaired) electrons.